The van der Waals surface area contributed by atoms with Gasteiger partial charge in [0, 0.05) is 17.7 Å². The number of benzene rings is 2. The average molecular weight is 277 g/mol. The number of ketones is 1. The van der Waals surface area contributed by atoms with Gasteiger partial charge >= 0.3 is 0 Å². The minimum atomic E-state index is -0.147. The topological polar surface area (TPSA) is 37.4 Å². The van der Waals surface area contributed by atoms with Crippen LogP contribution in [0.4, 0.5) is 5.69 Å². The third-order valence-corrected chi connectivity index (χ3v) is 3.61. The van der Waals surface area contributed by atoms with E-state index in [0.717, 1.165) is 11.3 Å². The van der Waals surface area contributed by atoms with E-state index < -0.39 is 0 Å². The van der Waals surface area contributed by atoms with Crippen molar-refractivity contribution in [2.24, 2.45) is 0 Å². The van der Waals surface area contributed by atoms with Crippen molar-refractivity contribution >= 4 is 23.0 Å². The third kappa shape index (κ3) is 2.27. The molecule has 3 rings (SSSR count). The highest BCUT2D eigenvalue weighted by Gasteiger charge is 2.31. The number of allylic oxidation sites excluding steroid dienone is 1. The summed E-state index contributed by atoms with van der Waals surface area (Å²) in [7, 11) is 0. The number of hydrogen-bond donors (Lipinski definition) is 0. The number of hydrogen-bond acceptors (Lipinski definition) is 2. The first-order chi connectivity index (χ1) is 10.2. The minimum absolute atomic E-state index is 0.108. The molecule has 104 valence electrons. The van der Waals surface area contributed by atoms with Crippen LogP contribution in [-0.2, 0) is 4.79 Å². The second kappa shape index (κ2) is 5.37. The molecule has 1 heterocycles. The van der Waals surface area contributed by atoms with Gasteiger partial charge in [0.05, 0.1) is 11.3 Å². The first-order valence-corrected chi connectivity index (χ1v) is 6.94. The number of fused-ring (bicyclic) bond motifs is 1. The van der Waals surface area contributed by atoms with Crippen molar-refractivity contribution in [1.29, 1.82) is 0 Å². The van der Waals surface area contributed by atoms with Crippen LogP contribution in [0.15, 0.2) is 60.7 Å². The van der Waals surface area contributed by atoms with Gasteiger partial charge in [0.15, 0.2) is 5.78 Å². The van der Waals surface area contributed by atoms with Gasteiger partial charge in [-0.2, -0.15) is 0 Å². The van der Waals surface area contributed by atoms with Crippen LogP contribution in [0.2, 0.25) is 0 Å². The molecule has 0 fully saturated rings. The van der Waals surface area contributed by atoms with E-state index in [9.17, 15) is 9.59 Å². The van der Waals surface area contributed by atoms with Crippen LogP contribution >= 0.6 is 0 Å². The minimum Gasteiger partial charge on any atom is -0.308 e. The van der Waals surface area contributed by atoms with Crippen molar-refractivity contribution in [3.8, 4) is 0 Å². The molecule has 3 heteroatoms. The monoisotopic (exact) mass is 277 g/mol. The van der Waals surface area contributed by atoms with E-state index in [0.29, 0.717) is 17.7 Å². The lowest BCUT2D eigenvalue weighted by atomic mass is 10.0. The molecule has 2 aromatic carbocycles. The van der Waals surface area contributed by atoms with Gasteiger partial charge in [-0.05, 0) is 19.1 Å². The average Bonchev–Trinajstić information content (AvgIpc) is 2.80. The van der Waals surface area contributed by atoms with Crippen LogP contribution in [0, 0.1) is 0 Å². The Morgan fingerprint density at radius 2 is 1.71 bits per heavy atom. The van der Waals surface area contributed by atoms with Crippen LogP contribution in [0.25, 0.3) is 5.57 Å². The number of anilines is 1. The van der Waals surface area contributed by atoms with Crippen molar-refractivity contribution in [3.63, 3.8) is 0 Å². The Labute approximate surface area is 123 Å². The second-order valence-electron chi connectivity index (χ2n) is 4.85. The summed E-state index contributed by atoms with van der Waals surface area (Å²) in [6.45, 7) is 2.52. The number of carbonyl (C=O) groups excluding carboxylic acids is 2. The third-order valence-electron chi connectivity index (χ3n) is 3.61. The Kier molecular flexibility index (Phi) is 3.40. The number of carbonyl (C=O) groups is 2. The zero-order valence-corrected chi connectivity index (χ0v) is 11.7. The molecule has 0 atom stereocenters. The van der Waals surface area contributed by atoms with Crippen LogP contribution < -0.4 is 4.90 Å². The van der Waals surface area contributed by atoms with Crippen LogP contribution in [0.5, 0.6) is 0 Å². The normalized spacial score (nSPS) is 15.4. The van der Waals surface area contributed by atoms with Crippen molar-refractivity contribution in [2.45, 2.75) is 6.92 Å². The molecule has 0 saturated heterocycles. The predicted molar refractivity (Wildman–Crippen MR) is 83.2 cm³/mol. The smallest absolute Gasteiger partial charge is 0.259 e. The molecule has 0 radical (unpaired) electrons. The lowest BCUT2D eigenvalue weighted by Crippen LogP contribution is -2.25. The molecule has 3 nitrogen and oxygen atoms in total. The summed E-state index contributed by atoms with van der Waals surface area (Å²) < 4.78 is 0. The molecule has 0 aliphatic carbocycles. The quantitative estimate of drug-likeness (QED) is 0.637. The van der Waals surface area contributed by atoms with E-state index in [4.69, 9.17) is 0 Å². The number of likely N-dealkylation sites (N-methyl/N-ethyl adjacent to an activating group) is 1. The predicted octanol–water partition coefficient (Wildman–Crippen LogP) is 3.32. The second-order valence-corrected chi connectivity index (χ2v) is 4.85. The fourth-order valence-electron chi connectivity index (χ4n) is 2.58. The van der Waals surface area contributed by atoms with Crippen molar-refractivity contribution in [1.82, 2.24) is 0 Å². The molecule has 21 heavy (non-hydrogen) atoms. The summed E-state index contributed by atoms with van der Waals surface area (Å²) in [5.74, 6) is -0.255. The highest BCUT2D eigenvalue weighted by molar-refractivity contribution is 6.35. The Morgan fingerprint density at radius 3 is 2.43 bits per heavy atom. The first-order valence-electron chi connectivity index (χ1n) is 6.94. The number of nitrogens with zero attached hydrogens (tertiary/aromatic N) is 1. The Balaban J connectivity index is 2.05. The summed E-state index contributed by atoms with van der Waals surface area (Å²) in [5.41, 5.74) is 2.76. The Hall–Kier alpha value is -2.68. The molecule has 1 aliphatic heterocycles. The number of rotatable bonds is 3. The zero-order chi connectivity index (χ0) is 14.8. The number of para-hydroxylation sites is 1. The molecule has 2 aromatic rings. The maximum atomic E-state index is 12.5. The standard InChI is InChI=1S/C18H15NO2/c1-2-19-16-11-7-6-10-14(16)15(18(19)21)12-17(20)13-8-4-3-5-9-13/h3-12H,2H2,1H3. The van der Waals surface area contributed by atoms with Crippen LogP contribution in [-0.4, -0.2) is 18.2 Å². The summed E-state index contributed by atoms with van der Waals surface area (Å²) in [6.07, 6.45) is 1.45. The van der Waals surface area contributed by atoms with Crippen LogP contribution in [0.1, 0.15) is 22.8 Å². The summed E-state index contributed by atoms with van der Waals surface area (Å²) in [5, 5.41) is 0. The van der Waals surface area contributed by atoms with Gasteiger partial charge in [-0.15, -0.1) is 0 Å². The maximum Gasteiger partial charge on any atom is 0.259 e. The molecule has 1 aliphatic rings. The molecule has 0 saturated carbocycles. The van der Waals surface area contributed by atoms with Gasteiger partial charge in [-0.25, -0.2) is 0 Å². The van der Waals surface area contributed by atoms with E-state index in [1.165, 1.54) is 6.08 Å². The number of amides is 1. The van der Waals surface area contributed by atoms with Crippen molar-refractivity contribution < 1.29 is 9.59 Å². The molecule has 0 spiro atoms. The molecule has 0 N–H and O–H groups in total. The lowest BCUT2D eigenvalue weighted by Gasteiger charge is -2.13. The summed E-state index contributed by atoms with van der Waals surface area (Å²) >= 11 is 0. The fourth-order valence-corrected chi connectivity index (χ4v) is 2.58. The van der Waals surface area contributed by atoms with E-state index >= 15 is 0 Å². The SMILES string of the molecule is CCN1C(=O)C(=CC(=O)c2ccccc2)c2ccccc21. The van der Waals surface area contributed by atoms with Gasteiger partial charge in [-0.3, -0.25) is 9.59 Å². The van der Waals surface area contributed by atoms with Crippen molar-refractivity contribution in [3.05, 3.63) is 71.8 Å². The molecule has 0 bridgehead atoms. The van der Waals surface area contributed by atoms with Gasteiger partial charge in [-0.1, -0.05) is 48.5 Å². The summed E-state index contributed by atoms with van der Waals surface area (Å²) in [4.78, 5) is 26.5. The van der Waals surface area contributed by atoms with Gasteiger partial charge in [0.1, 0.15) is 0 Å². The van der Waals surface area contributed by atoms with E-state index in [1.54, 1.807) is 17.0 Å². The molecule has 1 amide bonds. The van der Waals surface area contributed by atoms with E-state index in [1.807, 2.05) is 49.4 Å². The van der Waals surface area contributed by atoms with Crippen molar-refractivity contribution in [2.75, 3.05) is 11.4 Å². The van der Waals surface area contributed by atoms with E-state index in [2.05, 4.69) is 0 Å². The highest BCUT2D eigenvalue weighted by atomic mass is 16.2. The summed E-state index contributed by atoms with van der Waals surface area (Å²) in [6, 6.07) is 16.6. The Morgan fingerprint density at radius 1 is 1.05 bits per heavy atom. The van der Waals surface area contributed by atoms with Gasteiger partial charge in [0.25, 0.3) is 5.91 Å². The fraction of sp³-hybridized carbons (Fsp3) is 0.111. The van der Waals surface area contributed by atoms with E-state index in [-0.39, 0.29) is 11.7 Å². The zero-order valence-electron chi connectivity index (χ0n) is 11.7. The molecule has 0 unspecified atom stereocenters. The lowest BCUT2D eigenvalue weighted by molar-refractivity contribution is -0.113. The molecular formula is C18H15NO2. The largest absolute Gasteiger partial charge is 0.308 e. The highest BCUT2D eigenvalue weighted by Crippen LogP contribution is 2.36. The first kappa shape index (κ1) is 13.3. The van der Waals surface area contributed by atoms with Gasteiger partial charge in [0.2, 0.25) is 0 Å². The maximum absolute atomic E-state index is 12.5. The van der Waals surface area contributed by atoms with Crippen LogP contribution in [0.3, 0.4) is 0 Å². The Bertz CT molecular complexity index is 732. The van der Waals surface area contributed by atoms with Gasteiger partial charge < -0.3 is 4.90 Å². The molecule has 0 aromatic heterocycles. The molecular weight excluding hydrogens is 262 g/mol.